The van der Waals surface area contributed by atoms with Crippen LogP contribution in [0.3, 0.4) is 0 Å². The number of hydrogen-bond donors (Lipinski definition) is 0. The first kappa shape index (κ1) is 25.5. The Morgan fingerprint density at radius 2 is 0.964 bits per heavy atom. The second kappa shape index (κ2) is 19.8. The van der Waals surface area contributed by atoms with Gasteiger partial charge in [-0.3, -0.25) is 4.99 Å². The number of nitrogens with zero attached hydrogens (tertiary/aromatic N) is 1. The number of ether oxygens (including phenoxy) is 1. The molecule has 1 unspecified atom stereocenters. The van der Waals surface area contributed by atoms with Crippen molar-refractivity contribution in [2.24, 2.45) is 4.99 Å². The summed E-state index contributed by atoms with van der Waals surface area (Å²) >= 11 is 0. The molecule has 1 aliphatic heterocycles. The van der Waals surface area contributed by atoms with Gasteiger partial charge in [0.05, 0.1) is 6.54 Å². The highest BCUT2D eigenvalue weighted by Gasteiger charge is 2.13. The average Bonchev–Trinajstić information content (AvgIpc) is 3.11. The van der Waals surface area contributed by atoms with E-state index in [2.05, 4.69) is 18.8 Å². The fraction of sp³-hybridized carbons (Fsp3) is 0.962. The van der Waals surface area contributed by atoms with Gasteiger partial charge < -0.3 is 4.74 Å². The Labute approximate surface area is 177 Å². The topological polar surface area (TPSA) is 21.6 Å². The lowest BCUT2D eigenvalue weighted by atomic mass is 10.0. The van der Waals surface area contributed by atoms with E-state index in [1.165, 1.54) is 128 Å². The number of rotatable bonds is 21. The molecular weight excluding hydrogens is 342 g/mol. The Bertz CT molecular complexity index is 352. The van der Waals surface area contributed by atoms with Gasteiger partial charge in [0.25, 0.3) is 0 Å². The summed E-state index contributed by atoms with van der Waals surface area (Å²) in [5.74, 6) is 1.01. The van der Waals surface area contributed by atoms with E-state index >= 15 is 0 Å². The van der Waals surface area contributed by atoms with Gasteiger partial charge in [-0.2, -0.15) is 0 Å². The van der Waals surface area contributed by atoms with Crippen molar-refractivity contribution in [1.82, 2.24) is 0 Å². The number of aliphatic imine (C=N–C) groups is 1. The third-order valence-electron chi connectivity index (χ3n) is 6.11. The Morgan fingerprint density at radius 1 is 0.607 bits per heavy atom. The van der Waals surface area contributed by atoms with Gasteiger partial charge in [-0.05, 0) is 13.3 Å². The molecular formula is C26H51NO. The molecule has 2 nitrogen and oxygen atoms in total. The Hall–Kier alpha value is -0.530. The predicted octanol–water partition coefficient (Wildman–Crippen LogP) is 9.02. The summed E-state index contributed by atoms with van der Waals surface area (Å²) in [4.78, 5) is 4.43. The summed E-state index contributed by atoms with van der Waals surface area (Å²) in [6.45, 7) is 5.27. The lowest BCUT2D eigenvalue weighted by Crippen LogP contribution is -2.07. The molecule has 0 aromatic heterocycles. The molecule has 28 heavy (non-hydrogen) atoms. The van der Waals surface area contributed by atoms with Gasteiger partial charge in [-0.1, -0.05) is 129 Å². The zero-order chi connectivity index (χ0) is 20.1. The SMILES string of the molecule is CCCCCCCCCCCCCCCCCCCCCCC1=NCC(C)O1. The van der Waals surface area contributed by atoms with Gasteiger partial charge in [0.2, 0.25) is 0 Å². The Balaban J connectivity index is 1.65. The standard InChI is InChI=1S/C26H51NO/c1-3-4-5-6-7-8-9-10-11-12-13-14-15-16-17-18-19-20-21-22-23-26-27-24-25(2)28-26/h25H,3-24H2,1-2H3. The minimum absolute atomic E-state index is 0.320. The highest BCUT2D eigenvalue weighted by molar-refractivity contribution is 5.77. The van der Waals surface area contributed by atoms with E-state index in [0.29, 0.717) is 6.10 Å². The predicted molar refractivity (Wildman–Crippen MR) is 125 cm³/mol. The molecule has 2 heteroatoms. The molecule has 0 spiro atoms. The Kier molecular flexibility index (Phi) is 18.0. The van der Waals surface area contributed by atoms with Crippen LogP contribution < -0.4 is 0 Å². The summed E-state index contributed by atoms with van der Waals surface area (Å²) in [5.41, 5.74) is 0. The normalized spacial score (nSPS) is 16.4. The number of hydrogen-bond acceptors (Lipinski definition) is 2. The lowest BCUT2D eigenvalue weighted by molar-refractivity contribution is 0.238. The van der Waals surface area contributed by atoms with Gasteiger partial charge in [0.1, 0.15) is 6.10 Å². The van der Waals surface area contributed by atoms with Crippen LogP contribution in [0.4, 0.5) is 0 Å². The van der Waals surface area contributed by atoms with Crippen molar-refractivity contribution < 1.29 is 4.74 Å². The Morgan fingerprint density at radius 3 is 1.29 bits per heavy atom. The van der Waals surface area contributed by atoms with Crippen LogP contribution in [0.25, 0.3) is 0 Å². The van der Waals surface area contributed by atoms with Gasteiger partial charge in [-0.25, -0.2) is 0 Å². The van der Waals surface area contributed by atoms with Crippen molar-refractivity contribution in [3.8, 4) is 0 Å². The minimum Gasteiger partial charge on any atom is -0.476 e. The van der Waals surface area contributed by atoms with E-state index in [-0.39, 0.29) is 0 Å². The fourth-order valence-corrected chi connectivity index (χ4v) is 4.21. The smallest absolute Gasteiger partial charge is 0.183 e. The maximum Gasteiger partial charge on any atom is 0.183 e. The molecule has 0 aromatic carbocycles. The second-order valence-electron chi connectivity index (χ2n) is 9.13. The number of unbranched alkanes of at least 4 members (excludes halogenated alkanes) is 19. The summed E-state index contributed by atoms with van der Waals surface area (Å²) in [6.07, 6.45) is 30.1. The highest BCUT2D eigenvalue weighted by Crippen LogP contribution is 2.15. The van der Waals surface area contributed by atoms with Crippen LogP contribution in [0.5, 0.6) is 0 Å². The summed E-state index contributed by atoms with van der Waals surface area (Å²) < 4.78 is 5.65. The third-order valence-corrected chi connectivity index (χ3v) is 6.11. The summed E-state index contributed by atoms with van der Waals surface area (Å²) in [5, 5.41) is 0. The maximum atomic E-state index is 5.65. The van der Waals surface area contributed by atoms with Crippen molar-refractivity contribution >= 4 is 5.90 Å². The molecule has 1 rings (SSSR count). The molecule has 0 bridgehead atoms. The largest absolute Gasteiger partial charge is 0.476 e. The average molecular weight is 394 g/mol. The van der Waals surface area contributed by atoms with Gasteiger partial charge in [0, 0.05) is 6.42 Å². The van der Waals surface area contributed by atoms with Crippen molar-refractivity contribution in [2.75, 3.05) is 6.54 Å². The van der Waals surface area contributed by atoms with Crippen LogP contribution in [0.15, 0.2) is 4.99 Å². The van der Waals surface area contributed by atoms with E-state index in [1.54, 1.807) is 0 Å². The lowest BCUT2D eigenvalue weighted by Gasteiger charge is -2.05. The van der Waals surface area contributed by atoms with Crippen LogP contribution in [0.2, 0.25) is 0 Å². The van der Waals surface area contributed by atoms with Crippen molar-refractivity contribution in [3.05, 3.63) is 0 Å². The van der Waals surface area contributed by atoms with Crippen LogP contribution in [-0.4, -0.2) is 18.5 Å². The van der Waals surface area contributed by atoms with Crippen molar-refractivity contribution in [2.45, 2.75) is 155 Å². The molecule has 1 aliphatic rings. The van der Waals surface area contributed by atoms with Crippen LogP contribution >= 0.6 is 0 Å². The summed E-state index contributed by atoms with van der Waals surface area (Å²) in [7, 11) is 0. The van der Waals surface area contributed by atoms with Crippen LogP contribution in [-0.2, 0) is 4.74 Å². The van der Waals surface area contributed by atoms with E-state index < -0.39 is 0 Å². The molecule has 0 aromatic rings. The van der Waals surface area contributed by atoms with Crippen molar-refractivity contribution in [1.29, 1.82) is 0 Å². The third kappa shape index (κ3) is 16.4. The molecule has 1 heterocycles. The molecule has 166 valence electrons. The fourth-order valence-electron chi connectivity index (χ4n) is 4.21. The van der Waals surface area contributed by atoms with Crippen LogP contribution in [0, 0.1) is 0 Å². The zero-order valence-electron chi connectivity index (χ0n) is 19.5. The van der Waals surface area contributed by atoms with Crippen LogP contribution in [0.1, 0.15) is 149 Å². The van der Waals surface area contributed by atoms with Gasteiger partial charge in [0.15, 0.2) is 5.90 Å². The van der Waals surface area contributed by atoms with Gasteiger partial charge >= 0.3 is 0 Å². The molecule has 0 saturated heterocycles. The maximum absolute atomic E-state index is 5.65. The zero-order valence-corrected chi connectivity index (χ0v) is 19.5. The van der Waals surface area contributed by atoms with Gasteiger partial charge in [-0.15, -0.1) is 0 Å². The minimum atomic E-state index is 0.320. The molecule has 0 radical (unpaired) electrons. The second-order valence-corrected chi connectivity index (χ2v) is 9.13. The molecule has 0 fully saturated rings. The monoisotopic (exact) mass is 393 g/mol. The molecule has 1 atom stereocenters. The molecule has 0 aliphatic carbocycles. The first-order valence-electron chi connectivity index (χ1n) is 13.0. The van der Waals surface area contributed by atoms with E-state index in [0.717, 1.165) is 18.9 Å². The first-order chi connectivity index (χ1) is 13.8. The first-order valence-corrected chi connectivity index (χ1v) is 13.0. The van der Waals surface area contributed by atoms with E-state index in [1.807, 2.05) is 0 Å². The molecule has 0 amide bonds. The van der Waals surface area contributed by atoms with E-state index in [9.17, 15) is 0 Å². The summed E-state index contributed by atoms with van der Waals surface area (Å²) in [6, 6.07) is 0. The van der Waals surface area contributed by atoms with E-state index in [4.69, 9.17) is 4.74 Å². The molecule has 0 N–H and O–H groups in total. The van der Waals surface area contributed by atoms with Crippen molar-refractivity contribution in [3.63, 3.8) is 0 Å². The quantitative estimate of drug-likeness (QED) is 0.178. The molecule has 0 saturated carbocycles. The highest BCUT2D eigenvalue weighted by atomic mass is 16.5.